The Bertz CT molecular complexity index is 1030. The molecule has 1 saturated heterocycles. The van der Waals surface area contributed by atoms with E-state index in [4.69, 9.17) is 4.42 Å². The van der Waals surface area contributed by atoms with Crippen molar-refractivity contribution in [2.45, 2.75) is 23.8 Å². The van der Waals surface area contributed by atoms with Gasteiger partial charge in [0, 0.05) is 19.1 Å². The third kappa shape index (κ3) is 3.40. The molecule has 1 aliphatic rings. The van der Waals surface area contributed by atoms with Gasteiger partial charge in [0.25, 0.3) is 6.01 Å². The molecule has 27 heavy (non-hydrogen) atoms. The summed E-state index contributed by atoms with van der Waals surface area (Å²) >= 11 is 0. The highest BCUT2D eigenvalue weighted by molar-refractivity contribution is 7.89. The fraction of sp³-hybridized carbons (Fsp3) is 0.278. The monoisotopic (exact) mass is 393 g/mol. The topological polar surface area (TPSA) is 75.4 Å². The third-order valence-electron chi connectivity index (χ3n) is 4.60. The van der Waals surface area contributed by atoms with Crippen LogP contribution in [-0.4, -0.2) is 32.5 Å². The maximum Gasteiger partial charge on any atom is 0.298 e. The first kappa shape index (κ1) is 17.9. The van der Waals surface area contributed by atoms with E-state index in [0.29, 0.717) is 30.1 Å². The number of rotatable bonds is 5. The Balaban J connectivity index is 1.53. The van der Waals surface area contributed by atoms with Crippen LogP contribution >= 0.6 is 0 Å². The van der Waals surface area contributed by atoms with Gasteiger partial charge in [0.05, 0.1) is 0 Å². The number of hydrogen-bond donors (Lipinski definition) is 1. The molecule has 3 aromatic rings. The van der Waals surface area contributed by atoms with Gasteiger partial charge < -0.3 is 9.32 Å². The first-order chi connectivity index (χ1) is 13.0. The fourth-order valence-electron chi connectivity index (χ4n) is 3.30. The first-order valence-electron chi connectivity index (χ1n) is 8.51. The molecule has 1 atom stereocenters. The normalized spacial score (nSPS) is 17.7. The molecule has 6 nitrogen and oxygen atoms in total. The van der Waals surface area contributed by atoms with E-state index in [1.54, 1.807) is 6.07 Å². The van der Waals surface area contributed by atoms with Crippen LogP contribution in [0.3, 0.4) is 0 Å². The second-order valence-electron chi connectivity index (χ2n) is 6.36. The van der Waals surface area contributed by atoms with Gasteiger partial charge in [-0.1, -0.05) is 18.2 Å². The van der Waals surface area contributed by atoms with Crippen LogP contribution in [-0.2, 0) is 10.0 Å². The second-order valence-corrected chi connectivity index (χ2v) is 8.06. The minimum absolute atomic E-state index is 0.00513. The highest BCUT2D eigenvalue weighted by atomic mass is 32.2. The minimum Gasteiger partial charge on any atom is -0.423 e. The summed E-state index contributed by atoms with van der Waals surface area (Å²) in [4.78, 5) is 5.35. The van der Waals surface area contributed by atoms with E-state index in [0.717, 1.165) is 24.6 Å². The van der Waals surface area contributed by atoms with Gasteiger partial charge >= 0.3 is 0 Å². The quantitative estimate of drug-likeness (QED) is 0.721. The van der Waals surface area contributed by atoms with Crippen LogP contribution in [0.1, 0.15) is 12.8 Å². The number of halogens is 2. The van der Waals surface area contributed by atoms with Crippen LogP contribution < -0.4 is 9.62 Å². The van der Waals surface area contributed by atoms with Crippen molar-refractivity contribution >= 4 is 27.1 Å². The molecule has 0 amide bonds. The van der Waals surface area contributed by atoms with E-state index >= 15 is 0 Å². The molecule has 2 heterocycles. The Morgan fingerprint density at radius 2 is 1.89 bits per heavy atom. The predicted molar refractivity (Wildman–Crippen MR) is 95.9 cm³/mol. The zero-order chi connectivity index (χ0) is 19.0. The molecule has 0 bridgehead atoms. The average molecular weight is 393 g/mol. The summed E-state index contributed by atoms with van der Waals surface area (Å²) in [6, 6.07) is 10.5. The standard InChI is InChI=1S/C18H17F2N3O3S/c19-13-6-3-7-14(20)17(13)27(24,25)21-11-12-5-4-10-23(12)18-22-15-8-1-2-9-16(15)26-18/h1-3,6-9,12,21H,4-5,10-11H2. The van der Waals surface area contributed by atoms with Gasteiger partial charge in [0.1, 0.15) is 17.2 Å². The van der Waals surface area contributed by atoms with Crippen LogP contribution in [0.2, 0.25) is 0 Å². The van der Waals surface area contributed by atoms with Gasteiger partial charge in [-0.25, -0.2) is 21.9 Å². The molecular weight excluding hydrogens is 376 g/mol. The molecule has 142 valence electrons. The van der Waals surface area contributed by atoms with E-state index in [9.17, 15) is 17.2 Å². The van der Waals surface area contributed by atoms with Crippen LogP contribution in [0, 0.1) is 11.6 Å². The fourth-order valence-corrected chi connectivity index (χ4v) is 4.51. The van der Waals surface area contributed by atoms with Crippen LogP contribution in [0.4, 0.5) is 14.8 Å². The summed E-state index contributed by atoms with van der Waals surface area (Å²) < 4.78 is 60.4. The lowest BCUT2D eigenvalue weighted by atomic mass is 10.2. The largest absolute Gasteiger partial charge is 0.423 e. The number of nitrogens with zero attached hydrogens (tertiary/aromatic N) is 2. The van der Waals surface area contributed by atoms with Crippen molar-refractivity contribution in [3.8, 4) is 0 Å². The number of fused-ring (bicyclic) bond motifs is 1. The maximum atomic E-state index is 13.8. The summed E-state index contributed by atoms with van der Waals surface area (Å²) in [6.07, 6.45) is 1.54. The number of hydrogen-bond acceptors (Lipinski definition) is 5. The molecular formula is C18H17F2N3O3S. The van der Waals surface area contributed by atoms with Crippen molar-refractivity contribution in [3.05, 3.63) is 54.1 Å². The number of nitrogens with one attached hydrogen (secondary N) is 1. The van der Waals surface area contributed by atoms with E-state index in [1.807, 2.05) is 23.1 Å². The highest BCUT2D eigenvalue weighted by Gasteiger charge is 2.31. The van der Waals surface area contributed by atoms with E-state index < -0.39 is 26.6 Å². The highest BCUT2D eigenvalue weighted by Crippen LogP contribution is 2.28. The molecule has 1 aliphatic heterocycles. The minimum atomic E-state index is -4.32. The van der Waals surface area contributed by atoms with E-state index in [-0.39, 0.29) is 12.6 Å². The number of benzene rings is 2. The number of anilines is 1. The predicted octanol–water partition coefficient (Wildman–Crippen LogP) is 3.05. The van der Waals surface area contributed by atoms with Crippen LogP contribution in [0.25, 0.3) is 11.1 Å². The summed E-state index contributed by atoms with van der Waals surface area (Å²) in [5, 5.41) is 0. The molecule has 4 rings (SSSR count). The zero-order valence-corrected chi connectivity index (χ0v) is 15.0. The molecule has 1 aromatic heterocycles. The Labute approximate surface area is 154 Å². The molecule has 1 unspecified atom stereocenters. The van der Waals surface area contributed by atoms with Crippen molar-refractivity contribution in [1.82, 2.24) is 9.71 Å². The van der Waals surface area contributed by atoms with Gasteiger partial charge in [-0.3, -0.25) is 0 Å². The third-order valence-corrected chi connectivity index (χ3v) is 6.08. The number of para-hydroxylation sites is 2. The molecule has 0 saturated carbocycles. The molecule has 0 radical (unpaired) electrons. The van der Waals surface area contributed by atoms with Gasteiger partial charge in [-0.2, -0.15) is 4.98 Å². The summed E-state index contributed by atoms with van der Waals surface area (Å²) in [7, 11) is -4.32. The Morgan fingerprint density at radius 3 is 2.63 bits per heavy atom. The molecule has 1 fully saturated rings. The zero-order valence-electron chi connectivity index (χ0n) is 14.2. The Kier molecular flexibility index (Phi) is 4.56. The smallest absolute Gasteiger partial charge is 0.298 e. The van der Waals surface area contributed by atoms with Crippen molar-refractivity contribution in [3.63, 3.8) is 0 Å². The van der Waals surface area contributed by atoms with Crippen LogP contribution in [0.15, 0.2) is 51.8 Å². The first-order valence-corrected chi connectivity index (χ1v) is 10.00. The summed E-state index contributed by atoms with van der Waals surface area (Å²) in [5.74, 6) is -2.24. The molecule has 2 aromatic carbocycles. The van der Waals surface area contributed by atoms with Crippen LogP contribution in [0.5, 0.6) is 0 Å². The lowest BCUT2D eigenvalue weighted by Crippen LogP contribution is -2.40. The number of oxazole rings is 1. The molecule has 9 heteroatoms. The molecule has 0 aliphatic carbocycles. The van der Waals surface area contributed by atoms with Gasteiger partial charge in [0.2, 0.25) is 10.0 Å². The lowest BCUT2D eigenvalue weighted by molar-refractivity contribution is 0.506. The van der Waals surface area contributed by atoms with Gasteiger partial charge in [0.15, 0.2) is 10.5 Å². The van der Waals surface area contributed by atoms with Gasteiger partial charge in [-0.15, -0.1) is 0 Å². The Hall–Kier alpha value is -2.52. The van der Waals surface area contributed by atoms with Crippen molar-refractivity contribution in [2.24, 2.45) is 0 Å². The number of aromatic nitrogens is 1. The lowest BCUT2D eigenvalue weighted by Gasteiger charge is -2.23. The maximum absolute atomic E-state index is 13.8. The summed E-state index contributed by atoms with van der Waals surface area (Å²) in [5.41, 5.74) is 1.36. The number of sulfonamides is 1. The van der Waals surface area contributed by atoms with Gasteiger partial charge in [-0.05, 0) is 37.1 Å². The van der Waals surface area contributed by atoms with E-state index in [2.05, 4.69) is 9.71 Å². The van der Waals surface area contributed by atoms with Crippen molar-refractivity contribution < 1.29 is 21.6 Å². The van der Waals surface area contributed by atoms with Crippen molar-refractivity contribution in [1.29, 1.82) is 0 Å². The van der Waals surface area contributed by atoms with E-state index in [1.165, 1.54) is 0 Å². The van der Waals surface area contributed by atoms with Crippen molar-refractivity contribution in [2.75, 3.05) is 18.0 Å². The SMILES string of the molecule is O=S(=O)(NCC1CCCN1c1nc2ccccc2o1)c1c(F)cccc1F. The second kappa shape index (κ2) is 6.90. The molecule has 1 N–H and O–H groups in total. The molecule has 0 spiro atoms. The summed E-state index contributed by atoms with van der Waals surface area (Å²) in [6.45, 7) is 0.655. The average Bonchev–Trinajstić information content (AvgIpc) is 3.26. The Morgan fingerprint density at radius 1 is 1.15 bits per heavy atom.